The maximum Gasteiger partial charge on any atom is 0.267 e. The highest BCUT2D eigenvalue weighted by atomic mass is 32.2. The van der Waals surface area contributed by atoms with Gasteiger partial charge in [-0.3, -0.25) is 9.20 Å². The Balaban J connectivity index is 1.39. The summed E-state index contributed by atoms with van der Waals surface area (Å²) in [6.45, 7) is 4.00. The topological polar surface area (TPSA) is 91.1 Å². The molecule has 3 heterocycles. The predicted molar refractivity (Wildman–Crippen MR) is 139 cm³/mol. The molecular formula is C27H22N6O2S. The minimum Gasteiger partial charge on any atom is -0.338 e. The minimum atomic E-state index is -0.127. The molecule has 0 spiro atoms. The number of benzene rings is 3. The zero-order valence-electron chi connectivity index (χ0n) is 19.8. The molecule has 0 radical (unpaired) electrons. The maximum absolute atomic E-state index is 13.6. The average Bonchev–Trinajstić information content (AvgIpc) is 3.52. The van der Waals surface area contributed by atoms with Gasteiger partial charge in [0.15, 0.2) is 11.0 Å². The number of hydrogen-bond acceptors (Lipinski definition) is 7. The van der Waals surface area contributed by atoms with E-state index in [1.54, 1.807) is 4.57 Å². The number of thioether (sulfide) groups is 1. The average molecular weight is 495 g/mol. The summed E-state index contributed by atoms with van der Waals surface area (Å²) in [4.78, 5) is 18.1. The Labute approximate surface area is 210 Å². The fourth-order valence-electron chi connectivity index (χ4n) is 4.27. The van der Waals surface area contributed by atoms with E-state index in [1.165, 1.54) is 11.8 Å². The third-order valence-corrected chi connectivity index (χ3v) is 6.95. The summed E-state index contributed by atoms with van der Waals surface area (Å²) in [6.07, 6.45) is 0.607. The zero-order chi connectivity index (χ0) is 24.6. The van der Waals surface area contributed by atoms with E-state index in [4.69, 9.17) is 4.52 Å². The minimum absolute atomic E-state index is 0.127. The van der Waals surface area contributed by atoms with Gasteiger partial charge in [0, 0.05) is 6.42 Å². The van der Waals surface area contributed by atoms with Gasteiger partial charge in [0.2, 0.25) is 11.7 Å². The quantitative estimate of drug-likeness (QED) is 0.304. The van der Waals surface area contributed by atoms with Crippen molar-refractivity contribution in [3.05, 3.63) is 112 Å². The van der Waals surface area contributed by atoms with E-state index in [9.17, 15) is 4.79 Å². The number of hydrogen-bond donors (Lipinski definition) is 0. The highest BCUT2D eigenvalue weighted by Crippen LogP contribution is 2.26. The van der Waals surface area contributed by atoms with Crippen molar-refractivity contribution in [2.75, 3.05) is 0 Å². The Morgan fingerprint density at radius 2 is 1.75 bits per heavy atom. The summed E-state index contributed by atoms with van der Waals surface area (Å²) in [6, 6.07) is 23.6. The van der Waals surface area contributed by atoms with Crippen molar-refractivity contribution in [2.24, 2.45) is 0 Å². The van der Waals surface area contributed by atoms with Crippen LogP contribution in [0.3, 0.4) is 0 Å². The van der Waals surface area contributed by atoms with E-state index in [1.807, 2.05) is 91.0 Å². The van der Waals surface area contributed by atoms with E-state index >= 15 is 0 Å². The second kappa shape index (κ2) is 9.09. The van der Waals surface area contributed by atoms with Gasteiger partial charge < -0.3 is 4.52 Å². The van der Waals surface area contributed by atoms with Crippen LogP contribution in [0.5, 0.6) is 0 Å². The lowest BCUT2D eigenvalue weighted by atomic mass is 10.1. The second-order valence-electron chi connectivity index (χ2n) is 8.62. The standard InChI is InChI=1S/C27H22N6O2S/c1-17-12-13-18(2)22(14-17)32-25(34)20-10-6-7-11-21(20)33-26(32)29-30-27(33)36-16-24-28-23(31-35-24)15-19-8-4-3-5-9-19/h3-14H,15-16H2,1-2H3. The Hall–Kier alpha value is -4.24. The number of aryl methyl sites for hydroxylation is 2. The van der Waals surface area contributed by atoms with Crippen molar-refractivity contribution in [3.63, 3.8) is 0 Å². The molecule has 3 aromatic carbocycles. The molecule has 0 N–H and O–H groups in total. The molecule has 36 heavy (non-hydrogen) atoms. The molecule has 0 aliphatic rings. The third kappa shape index (κ3) is 3.97. The van der Waals surface area contributed by atoms with Gasteiger partial charge in [-0.1, -0.05) is 71.5 Å². The third-order valence-electron chi connectivity index (χ3n) is 6.04. The molecule has 8 nitrogen and oxygen atoms in total. The Morgan fingerprint density at radius 3 is 2.61 bits per heavy atom. The highest BCUT2D eigenvalue weighted by Gasteiger charge is 2.19. The van der Waals surface area contributed by atoms with Gasteiger partial charge in [0.1, 0.15) is 0 Å². The summed E-state index contributed by atoms with van der Waals surface area (Å²) in [5.74, 6) is 2.04. The fourth-order valence-corrected chi connectivity index (χ4v) is 5.05. The van der Waals surface area contributed by atoms with E-state index in [0.717, 1.165) is 27.9 Å². The van der Waals surface area contributed by atoms with Crippen LogP contribution in [-0.2, 0) is 12.2 Å². The lowest BCUT2D eigenvalue weighted by Gasteiger charge is -2.13. The fraction of sp³-hybridized carbons (Fsp3) is 0.148. The van der Waals surface area contributed by atoms with Gasteiger partial charge in [0.05, 0.1) is 22.3 Å². The number of rotatable bonds is 6. The van der Waals surface area contributed by atoms with Gasteiger partial charge in [-0.05, 0) is 48.7 Å². The first-order chi connectivity index (χ1) is 17.6. The molecule has 6 aromatic rings. The van der Waals surface area contributed by atoms with Crippen molar-refractivity contribution >= 4 is 28.4 Å². The molecule has 0 aliphatic heterocycles. The van der Waals surface area contributed by atoms with Crippen LogP contribution in [0, 0.1) is 13.8 Å². The van der Waals surface area contributed by atoms with E-state index in [-0.39, 0.29) is 5.56 Å². The molecule has 9 heteroatoms. The lowest BCUT2D eigenvalue weighted by molar-refractivity contribution is 0.385. The molecule has 3 aromatic heterocycles. The van der Waals surface area contributed by atoms with Crippen LogP contribution in [0.1, 0.15) is 28.4 Å². The summed E-state index contributed by atoms with van der Waals surface area (Å²) < 4.78 is 9.05. The Bertz CT molecular complexity index is 1770. The lowest BCUT2D eigenvalue weighted by Crippen LogP contribution is -2.22. The molecule has 6 rings (SSSR count). The zero-order valence-corrected chi connectivity index (χ0v) is 20.6. The smallest absolute Gasteiger partial charge is 0.267 e. The van der Waals surface area contributed by atoms with E-state index in [2.05, 4.69) is 20.3 Å². The van der Waals surface area contributed by atoms with Crippen LogP contribution >= 0.6 is 11.8 Å². The first kappa shape index (κ1) is 22.2. The summed E-state index contributed by atoms with van der Waals surface area (Å²) in [5.41, 5.74) is 4.58. The van der Waals surface area contributed by atoms with Crippen molar-refractivity contribution < 1.29 is 4.52 Å². The van der Waals surface area contributed by atoms with Crippen molar-refractivity contribution in [1.29, 1.82) is 0 Å². The van der Waals surface area contributed by atoms with Crippen molar-refractivity contribution in [1.82, 2.24) is 29.3 Å². The molecule has 0 saturated heterocycles. The number of aromatic nitrogens is 6. The molecule has 0 atom stereocenters. The first-order valence-corrected chi connectivity index (χ1v) is 12.5. The van der Waals surface area contributed by atoms with Crippen LogP contribution < -0.4 is 5.56 Å². The van der Waals surface area contributed by atoms with Crippen LogP contribution in [0.15, 0.2) is 87.3 Å². The summed E-state index contributed by atoms with van der Waals surface area (Å²) in [7, 11) is 0. The molecule has 0 unspecified atom stereocenters. The Morgan fingerprint density at radius 1 is 0.944 bits per heavy atom. The van der Waals surface area contributed by atoms with Crippen molar-refractivity contribution in [2.45, 2.75) is 31.2 Å². The van der Waals surface area contributed by atoms with Gasteiger partial charge in [-0.2, -0.15) is 4.98 Å². The molecule has 0 bridgehead atoms. The maximum atomic E-state index is 13.6. The van der Waals surface area contributed by atoms with E-state index < -0.39 is 0 Å². The highest BCUT2D eigenvalue weighted by molar-refractivity contribution is 7.98. The largest absolute Gasteiger partial charge is 0.338 e. The second-order valence-corrected chi connectivity index (χ2v) is 9.56. The number of nitrogens with zero attached hydrogens (tertiary/aromatic N) is 6. The van der Waals surface area contributed by atoms with Gasteiger partial charge >= 0.3 is 0 Å². The van der Waals surface area contributed by atoms with Gasteiger partial charge in [-0.25, -0.2) is 4.57 Å². The van der Waals surface area contributed by atoms with Gasteiger partial charge in [-0.15, -0.1) is 10.2 Å². The molecular weight excluding hydrogens is 472 g/mol. The van der Waals surface area contributed by atoms with E-state index in [0.29, 0.717) is 40.2 Å². The van der Waals surface area contributed by atoms with Crippen LogP contribution in [-0.4, -0.2) is 29.3 Å². The number of para-hydroxylation sites is 1. The molecule has 178 valence electrons. The Kier molecular flexibility index (Phi) is 5.61. The summed E-state index contributed by atoms with van der Waals surface area (Å²) >= 11 is 1.44. The monoisotopic (exact) mass is 494 g/mol. The SMILES string of the molecule is Cc1ccc(C)c(-n2c(=O)c3ccccc3n3c(SCc4nc(Cc5ccccc5)no4)nnc23)c1. The van der Waals surface area contributed by atoms with Crippen molar-refractivity contribution in [3.8, 4) is 5.69 Å². The van der Waals surface area contributed by atoms with Crippen LogP contribution in [0.4, 0.5) is 0 Å². The summed E-state index contributed by atoms with van der Waals surface area (Å²) in [5, 5.41) is 14.2. The first-order valence-electron chi connectivity index (χ1n) is 11.5. The van der Waals surface area contributed by atoms with Crippen LogP contribution in [0.2, 0.25) is 0 Å². The molecule has 0 fully saturated rings. The predicted octanol–water partition coefficient (Wildman–Crippen LogP) is 4.92. The molecule has 0 saturated carbocycles. The molecule has 0 aliphatic carbocycles. The molecule has 0 amide bonds. The van der Waals surface area contributed by atoms with Crippen LogP contribution in [0.25, 0.3) is 22.4 Å². The van der Waals surface area contributed by atoms with Gasteiger partial charge in [0.25, 0.3) is 5.56 Å². The normalized spacial score (nSPS) is 11.5. The number of fused-ring (bicyclic) bond motifs is 3.